The molecule has 1 aliphatic carbocycles. The van der Waals surface area contributed by atoms with E-state index < -0.39 is 0 Å². The lowest BCUT2D eigenvalue weighted by atomic mass is 10.2. The standard InChI is InChI=1S/C15H28N2O2S/c1-11-8-17(9-12(2)19-11)15(18)10-16(3)13-6-5-7-14(13)20-4/h11-14H,5-10H2,1-4H3/t11-,12+,13-,14+/m0/s1. The van der Waals surface area contributed by atoms with Crippen molar-refractivity contribution in [1.82, 2.24) is 9.80 Å². The van der Waals surface area contributed by atoms with Crippen LogP contribution in [0.3, 0.4) is 0 Å². The summed E-state index contributed by atoms with van der Waals surface area (Å²) in [6.07, 6.45) is 6.29. The van der Waals surface area contributed by atoms with Crippen molar-refractivity contribution in [3.63, 3.8) is 0 Å². The van der Waals surface area contributed by atoms with Crippen LogP contribution in [0, 0.1) is 0 Å². The molecule has 1 amide bonds. The molecular formula is C15H28N2O2S. The van der Waals surface area contributed by atoms with Gasteiger partial charge in [-0.3, -0.25) is 9.69 Å². The first-order valence-corrected chi connectivity index (χ1v) is 8.96. The van der Waals surface area contributed by atoms with Gasteiger partial charge < -0.3 is 9.64 Å². The second-order valence-electron chi connectivity index (χ2n) is 6.24. The van der Waals surface area contributed by atoms with E-state index in [9.17, 15) is 4.79 Å². The zero-order valence-electron chi connectivity index (χ0n) is 13.2. The molecule has 1 heterocycles. The summed E-state index contributed by atoms with van der Waals surface area (Å²) in [5, 5.41) is 0.690. The number of hydrogen-bond acceptors (Lipinski definition) is 4. The Morgan fingerprint density at radius 2 is 1.95 bits per heavy atom. The fourth-order valence-corrected chi connectivity index (χ4v) is 4.56. The molecule has 1 aliphatic heterocycles. The first-order valence-electron chi connectivity index (χ1n) is 7.67. The third-order valence-corrected chi connectivity index (χ3v) is 5.60. The summed E-state index contributed by atoms with van der Waals surface area (Å²) in [5.41, 5.74) is 0. The van der Waals surface area contributed by atoms with Crippen molar-refractivity contribution in [2.24, 2.45) is 0 Å². The Bertz CT molecular complexity index is 330. The summed E-state index contributed by atoms with van der Waals surface area (Å²) >= 11 is 1.95. The van der Waals surface area contributed by atoms with Crippen molar-refractivity contribution in [2.45, 2.75) is 56.6 Å². The number of amides is 1. The van der Waals surface area contributed by atoms with Crippen LogP contribution >= 0.6 is 11.8 Å². The van der Waals surface area contributed by atoms with Gasteiger partial charge in [0.05, 0.1) is 18.8 Å². The highest BCUT2D eigenvalue weighted by Crippen LogP contribution is 2.31. The molecule has 0 radical (unpaired) electrons. The molecule has 0 aromatic carbocycles. The van der Waals surface area contributed by atoms with Gasteiger partial charge in [-0.05, 0) is 40.0 Å². The molecule has 4 nitrogen and oxygen atoms in total. The molecule has 0 unspecified atom stereocenters. The van der Waals surface area contributed by atoms with Crippen molar-refractivity contribution >= 4 is 17.7 Å². The first-order chi connectivity index (χ1) is 9.51. The number of ether oxygens (including phenoxy) is 1. The van der Waals surface area contributed by atoms with Gasteiger partial charge in [0.1, 0.15) is 0 Å². The molecule has 2 aliphatic rings. The molecule has 0 aromatic heterocycles. The maximum Gasteiger partial charge on any atom is 0.236 e. The summed E-state index contributed by atoms with van der Waals surface area (Å²) in [6.45, 7) is 6.09. The largest absolute Gasteiger partial charge is 0.372 e. The predicted molar refractivity (Wildman–Crippen MR) is 84.2 cm³/mol. The fraction of sp³-hybridized carbons (Fsp3) is 0.933. The van der Waals surface area contributed by atoms with E-state index in [2.05, 4.69) is 18.2 Å². The van der Waals surface area contributed by atoms with Crippen molar-refractivity contribution in [3.8, 4) is 0 Å². The normalized spacial score (nSPS) is 34.8. The van der Waals surface area contributed by atoms with Gasteiger partial charge in [0.25, 0.3) is 0 Å². The highest BCUT2D eigenvalue weighted by Gasteiger charge is 2.32. The molecular weight excluding hydrogens is 272 g/mol. The van der Waals surface area contributed by atoms with Gasteiger partial charge in [0.15, 0.2) is 0 Å². The lowest BCUT2D eigenvalue weighted by Gasteiger charge is -2.37. The molecule has 4 atom stereocenters. The SMILES string of the molecule is CS[C@@H]1CCC[C@@H]1N(C)CC(=O)N1C[C@@H](C)O[C@@H](C)C1. The third-order valence-electron chi connectivity index (χ3n) is 4.44. The van der Waals surface area contributed by atoms with Gasteiger partial charge >= 0.3 is 0 Å². The topological polar surface area (TPSA) is 32.8 Å². The molecule has 1 saturated carbocycles. The minimum Gasteiger partial charge on any atom is -0.372 e. The van der Waals surface area contributed by atoms with Crippen molar-refractivity contribution in [3.05, 3.63) is 0 Å². The predicted octanol–water partition coefficient (Wildman–Crippen LogP) is 1.84. The molecule has 0 spiro atoms. The smallest absolute Gasteiger partial charge is 0.236 e. The number of likely N-dealkylation sites (N-methyl/N-ethyl adjacent to an activating group) is 1. The zero-order valence-corrected chi connectivity index (χ0v) is 14.0. The van der Waals surface area contributed by atoms with Gasteiger partial charge in [-0.2, -0.15) is 11.8 Å². The van der Waals surface area contributed by atoms with Crippen LogP contribution in [0.5, 0.6) is 0 Å². The van der Waals surface area contributed by atoms with Gasteiger partial charge in [0, 0.05) is 24.4 Å². The van der Waals surface area contributed by atoms with E-state index in [4.69, 9.17) is 4.74 Å². The van der Waals surface area contributed by atoms with Gasteiger partial charge in [0.2, 0.25) is 5.91 Å². The third kappa shape index (κ3) is 3.89. The van der Waals surface area contributed by atoms with Crippen LogP contribution in [0.15, 0.2) is 0 Å². The van der Waals surface area contributed by atoms with Crippen molar-refractivity contribution in [2.75, 3.05) is 32.9 Å². The summed E-state index contributed by atoms with van der Waals surface area (Å²) in [6, 6.07) is 0.560. The number of hydrogen-bond donors (Lipinski definition) is 0. The second-order valence-corrected chi connectivity index (χ2v) is 7.32. The van der Waals surface area contributed by atoms with Gasteiger partial charge in [-0.1, -0.05) is 6.42 Å². The van der Waals surface area contributed by atoms with E-state index in [0.717, 1.165) is 13.1 Å². The lowest BCUT2D eigenvalue weighted by Crippen LogP contribution is -2.52. The first kappa shape index (κ1) is 16.1. The van der Waals surface area contributed by atoms with Gasteiger partial charge in [-0.15, -0.1) is 0 Å². The van der Waals surface area contributed by atoms with E-state index in [1.165, 1.54) is 19.3 Å². The minimum absolute atomic E-state index is 0.151. The Kier molecular flexibility index (Phi) is 5.75. The highest BCUT2D eigenvalue weighted by molar-refractivity contribution is 7.99. The van der Waals surface area contributed by atoms with E-state index in [0.29, 0.717) is 17.8 Å². The Labute approximate surface area is 127 Å². The number of carbonyl (C=O) groups is 1. The highest BCUT2D eigenvalue weighted by atomic mass is 32.2. The Morgan fingerprint density at radius 3 is 2.55 bits per heavy atom. The monoisotopic (exact) mass is 300 g/mol. The quantitative estimate of drug-likeness (QED) is 0.793. The molecule has 116 valence electrons. The summed E-state index contributed by atoms with van der Waals surface area (Å²) in [7, 11) is 2.10. The number of thioether (sulfide) groups is 1. The van der Waals surface area contributed by atoms with E-state index in [1.807, 2.05) is 30.5 Å². The number of carbonyl (C=O) groups excluding carboxylic acids is 1. The van der Waals surface area contributed by atoms with Gasteiger partial charge in [-0.25, -0.2) is 0 Å². The van der Waals surface area contributed by atoms with Crippen LogP contribution in [0.4, 0.5) is 0 Å². The Hall–Kier alpha value is -0.260. The van der Waals surface area contributed by atoms with E-state index in [1.54, 1.807) is 0 Å². The van der Waals surface area contributed by atoms with Crippen LogP contribution < -0.4 is 0 Å². The fourth-order valence-electron chi connectivity index (χ4n) is 3.50. The molecule has 1 saturated heterocycles. The number of rotatable bonds is 4. The Balaban J connectivity index is 1.87. The average Bonchev–Trinajstić information content (AvgIpc) is 2.85. The number of morpholine rings is 1. The summed E-state index contributed by atoms with van der Waals surface area (Å²) < 4.78 is 5.69. The molecule has 0 aromatic rings. The van der Waals surface area contributed by atoms with Crippen LogP contribution in [-0.2, 0) is 9.53 Å². The summed E-state index contributed by atoms with van der Waals surface area (Å²) in [5.74, 6) is 0.251. The maximum atomic E-state index is 12.5. The number of nitrogens with zero attached hydrogens (tertiary/aromatic N) is 2. The van der Waals surface area contributed by atoms with Crippen LogP contribution in [-0.4, -0.2) is 72.1 Å². The molecule has 2 rings (SSSR count). The van der Waals surface area contributed by atoms with Crippen LogP contribution in [0.2, 0.25) is 0 Å². The maximum absolute atomic E-state index is 12.5. The molecule has 5 heteroatoms. The van der Waals surface area contributed by atoms with E-state index >= 15 is 0 Å². The lowest BCUT2D eigenvalue weighted by molar-refractivity contribution is -0.144. The van der Waals surface area contributed by atoms with E-state index in [-0.39, 0.29) is 18.1 Å². The molecule has 2 fully saturated rings. The summed E-state index contributed by atoms with van der Waals surface area (Å²) in [4.78, 5) is 16.7. The zero-order chi connectivity index (χ0) is 14.7. The van der Waals surface area contributed by atoms with Crippen molar-refractivity contribution in [1.29, 1.82) is 0 Å². The van der Waals surface area contributed by atoms with Crippen molar-refractivity contribution < 1.29 is 9.53 Å². The van der Waals surface area contributed by atoms with Crippen LogP contribution in [0.25, 0.3) is 0 Å². The molecule has 20 heavy (non-hydrogen) atoms. The second kappa shape index (κ2) is 7.14. The molecule has 0 bridgehead atoms. The molecule has 0 N–H and O–H groups in total. The Morgan fingerprint density at radius 1 is 1.30 bits per heavy atom. The average molecular weight is 300 g/mol. The van der Waals surface area contributed by atoms with Crippen LogP contribution in [0.1, 0.15) is 33.1 Å². The minimum atomic E-state index is 0.151.